The summed E-state index contributed by atoms with van der Waals surface area (Å²) in [7, 11) is -3.33. The van der Waals surface area contributed by atoms with E-state index in [1.165, 1.54) is 30.3 Å². The summed E-state index contributed by atoms with van der Waals surface area (Å²) in [6, 6.07) is 59.0. The minimum atomic E-state index is -1.34. The predicted octanol–water partition coefficient (Wildman–Crippen LogP) is 22.5. The molecule has 3 aliphatic heterocycles. The molecule has 118 heavy (non-hydrogen) atoms. The first-order chi connectivity index (χ1) is 55.2. The van der Waals surface area contributed by atoms with Gasteiger partial charge in [-0.05, 0) is 188 Å². The van der Waals surface area contributed by atoms with Crippen LogP contribution >= 0.6 is 89.9 Å². The summed E-state index contributed by atoms with van der Waals surface area (Å²) >= 11 is 34.1. The van der Waals surface area contributed by atoms with E-state index in [1.54, 1.807) is 76.2 Å². The van der Waals surface area contributed by atoms with E-state index in [1.807, 2.05) is 159 Å². The number of halogens is 16. The predicted molar refractivity (Wildman–Crippen MR) is 452 cm³/mol. The third-order valence-corrected chi connectivity index (χ3v) is 20.8. The molecule has 0 amide bonds. The maximum atomic E-state index is 14.5. The zero-order valence-electron chi connectivity index (χ0n) is 65.0. The fourth-order valence-electron chi connectivity index (χ4n) is 10.3. The van der Waals surface area contributed by atoms with Crippen molar-refractivity contribution in [2.45, 2.75) is 117 Å². The van der Waals surface area contributed by atoms with Crippen molar-refractivity contribution in [3.05, 3.63) is 310 Å². The van der Waals surface area contributed by atoms with Gasteiger partial charge in [0.1, 0.15) is 74.4 Å². The van der Waals surface area contributed by atoms with Crippen molar-refractivity contribution in [1.82, 2.24) is 15.0 Å². The molecular weight excluding hydrogens is 1770 g/mol. The second kappa shape index (κ2) is 42.1. The van der Waals surface area contributed by atoms with Gasteiger partial charge < -0.3 is 38.0 Å². The van der Waals surface area contributed by atoms with Crippen LogP contribution in [0.25, 0.3) is 44.9 Å². The van der Waals surface area contributed by atoms with Gasteiger partial charge in [0.05, 0.1) is 71.9 Å². The summed E-state index contributed by atoms with van der Waals surface area (Å²) in [6.07, 6.45) is 0. The van der Waals surface area contributed by atoms with Gasteiger partial charge >= 0.3 is 28.3 Å². The zero-order valence-corrected chi connectivity index (χ0v) is 72.0. The van der Waals surface area contributed by atoms with E-state index in [2.05, 4.69) is 46.8 Å². The lowest BCUT2D eigenvalue weighted by Crippen LogP contribution is -2.41. The Morgan fingerprint density at radius 1 is 0.347 bits per heavy atom. The van der Waals surface area contributed by atoms with Gasteiger partial charge in [-0.2, -0.15) is 15.8 Å². The molecule has 0 saturated carbocycles. The highest BCUT2D eigenvalue weighted by Gasteiger charge is 2.64. The molecule has 14 rings (SSSR count). The van der Waals surface area contributed by atoms with Gasteiger partial charge in [0.25, 0.3) is 0 Å². The Bertz CT molecular complexity index is 5240. The van der Waals surface area contributed by atoms with Gasteiger partial charge in [0.2, 0.25) is 0 Å². The van der Waals surface area contributed by atoms with Crippen molar-refractivity contribution in [3.63, 3.8) is 0 Å². The molecule has 8 aromatic carbocycles. The summed E-state index contributed by atoms with van der Waals surface area (Å²) in [5, 5.41) is 44.8. The Morgan fingerprint density at radius 2 is 0.686 bits per heavy atom. The maximum Gasteiger partial charge on any atom is 0.497 e. The number of nitriles is 3. The van der Waals surface area contributed by atoms with Crippen LogP contribution in [0.1, 0.15) is 99.8 Å². The average Bonchev–Trinajstić information content (AvgIpc) is 1.60. The van der Waals surface area contributed by atoms with Crippen LogP contribution < -0.4 is 10.9 Å². The first kappa shape index (κ1) is 96.5. The smallest absolute Gasteiger partial charge is 0.423 e. The van der Waals surface area contributed by atoms with E-state index in [4.69, 9.17) is 112 Å². The van der Waals surface area contributed by atoms with Crippen molar-refractivity contribution < 1.29 is 77.5 Å². The number of pyridine rings is 3. The largest absolute Gasteiger partial charge is 0.497 e. The Kier molecular flexibility index (Phi) is 34.4. The van der Waals surface area contributed by atoms with Crippen LogP contribution in [0.3, 0.4) is 0 Å². The van der Waals surface area contributed by atoms with Gasteiger partial charge in [0, 0.05) is 60.9 Å². The number of nitrogens with zero attached hydrogens (tertiary/aromatic N) is 6. The molecule has 0 atom stereocenters. The van der Waals surface area contributed by atoms with Gasteiger partial charge in [-0.25, -0.2) is 54.5 Å². The molecule has 6 heterocycles. The fraction of sp³-hybridized carbons (Fsp3) is 0.214. The first-order valence-electron chi connectivity index (χ1n) is 35.3. The summed E-state index contributed by atoms with van der Waals surface area (Å²) in [4.78, 5) is 12.2. The van der Waals surface area contributed by atoms with Gasteiger partial charge in [-0.3, -0.25) is 0 Å². The fourth-order valence-corrected chi connectivity index (χ4v) is 12.2. The van der Waals surface area contributed by atoms with Gasteiger partial charge in [-0.15, -0.1) is 0 Å². The Morgan fingerprint density at radius 3 is 1.07 bits per heavy atom. The lowest BCUT2D eigenvalue weighted by Gasteiger charge is -2.32. The molecule has 11 aromatic rings. The molecule has 610 valence electrons. The molecule has 3 fully saturated rings. The van der Waals surface area contributed by atoms with Crippen LogP contribution in [0, 0.1) is 86.3 Å². The minimum Gasteiger partial charge on any atom is -0.423 e. The normalized spacial score (nSPS) is 15.0. The molecule has 3 aromatic heterocycles. The topological polar surface area (TPSA) is 206 Å². The molecule has 0 aliphatic carbocycles. The lowest BCUT2D eigenvalue weighted by molar-refractivity contribution is 0.00578. The molecule has 14 nitrogen and oxygen atoms in total. The highest BCUT2D eigenvalue weighted by Crippen LogP contribution is 2.44. The molecule has 2 N–H and O–H groups in total. The maximum absolute atomic E-state index is 14.5. The highest BCUT2D eigenvalue weighted by atomic mass is 79.9. The second-order valence-corrected chi connectivity index (χ2v) is 32.5. The summed E-state index contributed by atoms with van der Waals surface area (Å²) < 4.78 is 156. The number of hydrogen-bond acceptors (Lipinski definition) is 14. The zero-order chi connectivity index (χ0) is 87.6. The number of aromatic nitrogens is 3. The second-order valence-electron chi connectivity index (χ2n) is 28.7. The number of benzene rings is 8. The van der Waals surface area contributed by atoms with Crippen LogP contribution in [0.5, 0.6) is 0 Å². The average molecular weight is 1840 g/mol. The van der Waals surface area contributed by atoms with Crippen LogP contribution in [-0.4, -0.2) is 86.9 Å². The van der Waals surface area contributed by atoms with E-state index in [0.717, 1.165) is 45.4 Å². The van der Waals surface area contributed by atoms with Crippen LogP contribution in [0.4, 0.5) is 39.5 Å². The number of hydrogen-bond donors (Lipinski definition) is 2. The first-order valence-corrected chi connectivity index (χ1v) is 38.8. The summed E-state index contributed by atoms with van der Waals surface area (Å²) in [5.41, 5.74) is 0.870. The standard InChI is InChI=1S/C24H14F2N2.C12H24B2O4.C12H14BF3O2.C12H4Cl2F2N2.C7H2BrF2N.C6H7BO2.C6H5Br.C5H2Cl3N/c25-21-14-22(26)20(11-19(21)15-27)24-13-18(16-7-3-1-4-8-16)12-23(28-24)17-9-5-2-6-10-17;1-9(2)10(3,4)16-13(15-9)14-17-11(5,6)12(7,8)18-14;1-11(2)12(3,4)18-13(17-11)7-5-9(15)10(16)6-8(7)14;13-7-2-11(18-12(14)3-7)8-1-6(5-17)9(15)4-10(8)16;8-5-1-4(3-11)6(9)2-7(5)10;8-7(9)6-4-2-1-3-5-6;7-6-4-2-1-3-5-6;6-3-1-4(7)9-5(8)2-3/h1-14H;1-8H3;5-6H,1-4H3;1-4H;1-2H;1-5,8-9H;1-5H;1-2H. The van der Waals surface area contributed by atoms with Crippen molar-refractivity contribution in [1.29, 1.82) is 15.8 Å². The molecule has 0 spiro atoms. The molecule has 3 saturated heterocycles. The van der Waals surface area contributed by atoms with E-state index in [-0.39, 0.29) is 76.0 Å². The molecule has 0 radical (unpaired) electrons. The van der Waals surface area contributed by atoms with Gasteiger partial charge in [0.15, 0.2) is 11.6 Å². The SMILES string of the molecule is Brc1ccccc1.CC1(C)OB(B2OC(C)(C)C(C)(C)O2)OC1(C)C.CC1(C)OB(c2cc(F)c(F)cc2F)OC1(C)C.Clc1cc(Cl)nc(Cl)c1.N#Cc1cc(-c2cc(-c3ccccc3)cc(-c3ccccc3)n2)c(F)cc1F.N#Cc1cc(-c2cc(Cl)cc(Cl)n2)c(F)cc1F.N#Cc1cc(Br)c(F)cc1F.OB(O)c1ccccc1. The van der Waals surface area contributed by atoms with Crippen LogP contribution in [0.2, 0.25) is 25.5 Å². The molecule has 0 unspecified atom stereocenters. The van der Waals surface area contributed by atoms with Crippen LogP contribution in [-0.2, 0) is 27.9 Å². The monoisotopic (exact) mass is 1840 g/mol. The summed E-state index contributed by atoms with van der Waals surface area (Å²) in [6.45, 7) is 23.4. The van der Waals surface area contributed by atoms with Crippen molar-refractivity contribution >= 4 is 129 Å². The third-order valence-electron chi connectivity index (χ3n) is 18.7. The minimum absolute atomic E-state index is 0.0302. The Labute approximate surface area is 721 Å². The van der Waals surface area contributed by atoms with Crippen molar-refractivity contribution in [3.8, 4) is 63.1 Å². The quantitative estimate of drug-likeness (QED) is 0.0659. The van der Waals surface area contributed by atoms with E-state index >= 15 is 0 Å². The molecular formula is C84H72B4Br2Cl5F9N6O8. The summed E-state index contributed by atoms with van der Waals surface area (Å²) in [5.74, 6) is -8.18. The number of rotatable bonds is 7. The van der Waals surface area contributed by atoms with E-state index in [0.29, 0.717) is 50.4 Å². The lowest BCUT2D eigenvalue weighted by atomic mass is 9.49. The molecule has 3 aliphatic rings. The molecule has 34 heteroatoms. The van der Waals surface area contributed by atoms with Gasteiger partial charge in [-0.1, -0.05) is 183 Å². The van der Waals surface area contributed by atoms with Crippen molar-refractivity contribution in [2.24, 2.45) is 0 Å². The Balaban J connectivity index is 0.000000193. The van der Waals surface area contributed by atoms with E-state index in [9.17, 15) is 39.5 Å². The molecule has 0 bridgehead atoms. The third kappa shape index (κ3) is 26.5. The van der Waals surface area contributed by atoms with E-state index < -0.39 is 91.8 Å². The Hall–Kier alpha value is -8.60. The van der Waals surface area contributed by atoms with Crippen LogP contribution in [0.15, 0.2) is 215 Å². The highest BCUT2D eigenvalue weighted by molar-refractivity contribution is 9.10. The van der Waals surface area contributed by atoms with Crippen molar-refractivity contribution in [2.75, 3.05) is 0 Å².